The number of hydrogen-bond donors (Lipinski definition) is 0. The lowest BCUT2D eigenvalue weighted by molar-refractivity contribution is -0.127. The molecule has 0 aliphatic rings. The third-order valence-electron chi connectivity index (χ3n) is 1.61. The van der Waals surface area contributed by atoms with Crippen molar-refractivity contribution in [3.8, 4) is 0 Å². The highest BCUT2D eigenvalue weighted by Gasteiger charge is 2.10. The van der Waals surface area contributed by atoms with Gasteiger partial charge in [0, 0.05) is 13.5 Å². The third-order valence-corrected chi connectivity index (χ3v) is 1.61. The van der Waals surface area contributed by atoms with E-state index in [1.807, 2.05) is 6.92 Å². The summed E-state index contributed by atoms with van der Waals surface area (Å²) in [5, 5.41) is 0. The first-order chi connectivity index (χ1) is 5.07. The van der Waals surface area contributed by atoms with Gasteiger partial charge in [-0.1, -0.05) is 5.57 Å². The molecule has 0 aromatic heterocycles. The minimum atomic E-state index is -0.269. The monoisotopic (exact) mass is 156 g/mol. The van der Waals surface area contributed by atoms with E-state index < -0.39 is 0 Å². The minimum absolute atomic E-state index is 0.149. The molecule has 0 bridgehead atoms. The number of methoxy groups -OCH3 is 1. The van der Waals surface area contributed by atoms with Gasteiger partial charge in [-0.05, 0) is 20.3 Å². The van der Waals surface area contributed by atoms with Gasteiger partial charge in [-0.2, -0.15) is 0 Å². The van der Waals surface area contributed by atoms with Crippen LogP contribution in [-0.2, 0) is 9.53 Å². The van der Waals surface area contributed by atoms with Crippen molar-refractivity contribution in [2.24, 2.45) is 0 Å². The van der Waals surface area contributed by atoms with Crippen LogP contribution in [0.1, 0.15) is 26.7 Å². The maximum Gasteiger partial charge on any atom is 0.161 e. The molecule has 0 N–H and O–H groups in total. The molecule has 0 spiro atoms. The quantitative estimate of drug-likeness (QED) is 0.569. The van der Waals surface area contributed by atoms with Gasteiger partial charge in [0.15, 0.2) is 5.78 Å². The molecule has 0 radical (unpaired) electrons. The SMILES string of the molecule is C=C(C)CCC(=O)C(C)OC. The fourth-order valence-corrected chi connectivity index (χ4v) is 0.671. The van der Waals surface area contributed by atoms with Crippen molar-refractivity contribution in [1.29, 1.82) is 0 Å². The molecule has 0 aliphatic carbocycles. The Bertz CT molecular complexity index is 150. The number of ketones is 1. The van der Waals surface area contributed by atoms with Crippen molar-refractivity contribution in [2.75, 3.05) is 7.11 Å². The molecule has 11 heavy (non-hydrogen) atoms. The summed E-state index contributed by atoms with van der Waals surface area (Å²) < 4.78 is 4.87. The summed E-state index contributed by atoms with van der Waals surface area (Å²) in [5.74, 6) is 0.149. The highest BCUT2D eigenvalue weighted by atomic mass is 16.5. The van der Waals surface area contributed by atoms with Crippen LogP contribution in [0.2, 0.25) is 0 Å². The lowest BCUT2D eigenvalue weighted by Crippen LogP contribution is -2.18. The Kier molecular flexibility index (Phi) is 4.79. The molecule has 0 saturated carbocycles. The molecule has 0 saturated heterocycles. The van der Waals surface area contributed by atoms with Gasteiger partial charge < -0.3 is 4.74 Å². The van der Waals surface area contributed by atoms with Crippen LogP contribution in [0.3, 0.4) is 0 Å². The largest absolute Gasteiger partial charge is 0.374 e. The lowest BCUT2D eigenvalue weighted by atomic mass is 10.1. The van der Waals surface area contributed by atoms with Crippen molar-refractivity contribution in [2.45, 2.75) is 32.8 Å². The van der Waals surface area contributed by atoms with Gasteiger partial charge in [-0.3, -0.25) is 4.79 Å². The Morgan fingerprint density at radius 3 is 2.45 bits per heavy atom. The zero-order valence-corrected chi connectivity index (χ0v) is 7.52. The van der Waals surface area contributed by atoms with E-state index in [-0.39, 0.29) is 11.9 Å². The maximum absolute atomic E-state index is 11.1. The maximum atomic E-state index is 11.1. The number of rotatable bonds is 5. The predicted octanol–water partition coefficient (Wildman–Crippen LogP) is 1.95. The number of Topliss-reactive ketones (excluding diaryl/α,β-unsaturated/α-hetero) is 1. The molecule has 0 rings (SSSR count). The first-order valence-corrected chi connectivity index (χ1v) is 3.77. The van der Waals surface area contributed by atoms with Crippen molar-refractivity contribution in [3.63, 3.8) is 0 Å². The van der Waals surface area contributed by atoms with E-state index in [9.17, 15) is 4.79 Å². The van der Waals surface area contributed by atoms with Crippen LogP contribution in [0.4, 0.5) is 0 Å². The highest BCUT2D eigenvalue weighted by Crippen LogP contribution is 2.04. The Hall–Kier alpha value is -0.630. The number of allylic oxidation sites excluding steroid dienone is 1. The Morgan fingerprint density at radius 2 is 2.09 bits per heavy atom. The van der Waals surface area contributed by atoms with Gasteiger partial charge in [-0.25, -0.2) is 0 Å². The second-order valence-corrected chi connectivity index (χ2v) is 2.80. The van der Waals surface area contributed by atoms with Crippen molar-refractivity contribution in [3.05, 3.63) is 12.2 Å². The van der Waals surface area contributed by atoms with Gasteiger partial charge in [-0.15, -0.1) is 6.58 Å². The van der Waals surface area contributed by atoms with E-state index >= 15 is 0 Å². The molecule has 64 valence electrons. The van der Waals surface area contributed by atoms with Crippen molar-refractivity contribution >= 4 is 5.78 Å². The standard InChI is InChI=1S/C9H16O2/c1-7(2)5-6-9(10)8(3)11-4/h8H,1,5-6H2,2-4H3. The van der Waals surface area contributed by atoms with Crippen LogP contribution in [-0.4, -0.2) is 19.0 Å². The van der Waals surface area contributed by atoms with E-state index in [1.54, 1.807) is 14.0 Å². The van der Waals surface area contributed by atoms with Crippen LogP contribution >= 0.6 is 0 Å². The lowest BCUT2D eigenvalue weighted by Gasteiger charge is -2.07. The predicted molar refractivity (Wildman–Crippen MR) is 45.5 cm³/mol. The third kappa shape index (κ3) is 4.73. The molecular weight excluding hydrogens is 140 g/mol. The molecule has 0 fully saturated rings. The zero-order chi connectivity index (χ0) is 8.85. The van der Waals surface area contributed by atoms with E-state index in [0.29, 0.717) is 6.42 Å². The highest BCUT2D eigenvalue weighted by molar-refractivity contribution is 5.82. The summed E-state index contributed by atoms with van der Waals surface area (Å²) in [5.41, 5.74) is 1.04. The fraction of sp³-hybridized carbons (Fsp3) is 0.667. The van der Waals surface area contributed by atoms with E-state index in [2.05, 4.69) is 6.58 Å². The van der Waals surface area contributed by atoms with Crippen molar-refractivity contribution < 1.29 is 9.53 Å². The first kappa shape index (κ1) is 10.4. The first-order valence-electron chi connectivity index (χ1n) is 3.77. The van der Waals surface area contributed by atoms with Gasteiger partial charge in [0.1, 0.15) is 6.10 Å². The Morgan fingerprint density at radius 1 is 1.55 bits per heavy atom. The minimum Gasteiger partial charge on any atom is -0.374 e. The molecule has 0 amide bonds. The molecule has 1 unspecified atom stereocenters. The van der Waals surface area contributed by atoms with Gasteiger partial charge >= 0.3 is 0 Å². The average Bonchev–Trinajstić information content (AvgIpc) is 1.98. The smallest absolute Gasteiger partial charge is 0.161 e. The number of hydrogen-bond acceptors (Lipinski definition) is 2. The Labute approximate surface area is 68.2 Å². The summed E-state index contributed by atoms with van der Waals surface area (Å²) in [4.78, 5) is 11.1. The molecular formula is C9H16O2. The Balaban J connectivity index is 3.60. The second-order valence-electron chi connectivity index (χ2n) is 2.80. The van der Waals surface area contributed by atoms with Crippen LogP contribution < -0.4 is 0 Å². The van der Waals surface area contributed by atoms with Crippen LogP contribution in [0, 0.1) is 0 Å². The summed E-state index contributed by atoms with van der Waals surface area (Å²) in [6.45, 7) is 7.41. The van der Waals surface area contributed by atoms with E-state index in [0.717, 1.165) is 12.0 Å². The topological polar surface area (TPSA) is 26.3 Å². The molecule has 0 heterocycles. The number of carbonyl (C=O) groups is 1. The summed E-state index contributed by atoms with van der Waals surface area (Å²) >= 11 is 0. The van der Waals surface area contributed by atoms with Gasteiger partial charge in [0.05, 0.1) is 0 Å². The molecule has 0 aliphatic heterocycles. The molecule has 1 atom stereocenters. The fourth-order valence-electron chi connectivity index (χ4n) is 0.671. The molecule has 2 heteroatoms. The number of carbonyl (C=O) groups excluding carboxylic acids is 1. The summed E-state index contributed by atoms with van der Waals surface area (Å²) in [6, 6.07) is 0. The van der Waals surface area contributed by atoms with Crippen LogP contribution in [0.25, 0.3) is 0 Å². The summed E-state index contributed by atoms with van der Waals surface area (Å²) in [7, 11) is 1.54. The van der Waals surface area contributed by atoms with Gasteiger partial charge in [0.2, 0.25) is 0 Å². The normalized spacial score (nSPS) is 12.6. The summed E-state index contributed by atoms with van der Waals surface area (Å²) in [6.07, 6.45) is 1.05. The van der Waals surface area contributed by atoms with Crippen LogP contribution in [0.15, 0.2) is 12.2 Å². The van der Waals surface area contributed by atoms with E-state index in [1.165, 1.54) is 0 Å². The molecule has 0 aromatic rings. The van der Waals surface area contributed by atoms with E-state index in [4.69, 9.17) is 4.74 Å². The second kappa shape index (κ2) is 5.08. The zero-order valence-electron chi connectivity index (χ0n) is 7.52. The average molecular weight is 156 g/mol. The van der Waals surface area contributed by atoms with Crippen LogP contribution in [0.5, 0.6) is 0 Å². The molecule has 0 aromatic carbocycles. The molecule has 2 nitrogen and oxygen atoms in total. The van der Waals surface area contributed by atoms with Gasteiger partial charge in [0.25, 0.3) is 0 Å². The van der Waals surface area contributed by atoms with Crippen molar-refractivity contribution in [1.82, 2.24) is 0 Å². The number of ether oxygens (including phenoxy) is 1.